The van der Waals surface area contributed by atoms with Crippen molar-refractivity contribution in [3.8, 4) is 0 Å². The second-order valence-corrected chi connectivity index (χ2v) is 5.79. The van der Waals surface area contributed by atoms with E-state index in [2.05, 4.69) is 4.98 Å². The number of nitrogens with one attached hydrogen (secondary N) is 1. The van der Waals surface area contributed by atoms with Gasteiger partial charge in [-0.25, -0.2) is 0 Å². The van der Waals surface area contributed by atoms with Crippen molar-refractivity contribution >= 4 is 16.9 Å². The maximum Gasteiger partial charge on any atom is 0.316 e. The molecule has 0 bridgehead atoms. The number of para-hydroxylation sites is 1. The van der Waals surface area contributed by atoms with Crippen molar-refractivity contribution in [1.82, 2.24) is 4.98 Å². The van der Waals surface area contributed by atoms with Crippen LogP contribution in [0.1, 0.15) is 35.8 Å². The molecule has 0 amide bonds. The lowest BCUT2D eigenvalue weighted by molar-refractivity contribution is -0.148. The number of aromatic amines is 1. The first kappa shape index (κ1) is 16.3. The van der Waals surface area contributed by atoms with E-state index in [0.717, 1.165) is 22.2 Å². The smallest absolute Gasteiger partial charge is 0.316 e. The molecule has 0 radical (unpaired) electrons. The molecular weight excluding hydrogens is 302 g/mol. The summed E-state index contributed by atoms with van der Waals surface area (Å²) in [5, 5.41) is 11.9. The number of aromatic nitrogens is 1. The summed E-state index contributed by atoms with van der Waals surface area (Å²) in [7, 11) is 0. The summed E-state index contributed by atoms with van der Waals surface area (Å²) in [6.45, 7) is 3.96. The Hall–Kier alpha value is -2.59. The van der Waals surface area contributed by atoms with Gasteiger partial charge < -0.3 is 14.8 Å². The van der Waals surface area contributed by atoms with E-state index in [1.54, 1.807) is 6.92 Å². The van der Waals surface area contributed by atoms with Crippen LogP contribution in [0.5, 0.6) is 0 Å². The van der Waals surface area contributed by atoms with Crippen LogP contribution in [0.25, 0.3) is 10.9 Å². The lowest BCUT2D eigenvalue weighted by atomic mass is 9.87. The van der Waals surface area contributed by atoms with Crippen LogP contribution >= 0.6 is 0 Å². The predicted octanol–water partition coefficient (Wildman–Crippen LogP) is 3.86. The summed E-state index contributed by atoms with van der Waals surface area (Å²) < 4.78 is 5.26. The van der Waals surface area contributed by atoms with Crippen LogP contribution in [0.4, 0.5) is 0 Å². The normalized spacial score (nSPS) is 13.6. The fraction of sp³-hybridized carbons (Fsp3) is 0.250. The Labute approximate surface area is 141 Å². The summed E-state index contributed by atoms with van der Waals surface area (Å²) in [5.74, 6) is -1.19. The Morgan fingerprint density at radius 1 is 1.12 bits per heavy atom. The van der Waals surface area contributed by atoms with E-state index in [1.807, 2.05) is 61.5 Å². The second-order valence-electron chi connectivity index (χ2n) is 5.79. The van der Waals surface area contributed by atoms with E-state index < -0.39 is 18.0 Å². The van der Waals surface area contributed by atoms with Crippen LogP contribution < -0.4 is 0 Å². The van der Waals surface area contributed by atoms with Gasteiger partial charge in [0, 0.05) is 16.6 Å². The fourth-order valence-corrected chi connectivity index (χ4v) is 3.18. The molecule has 0 aliphatic heterocycles. The number of hydrogen-bond donors (Lipinski definition) is 2. The molecule has 2 aromatic carbocycles. The number of esters is 1. The highest BCUT2D eigenvalue weighted by Crippen LogP contribution is 2.38. The van der Waals surface area contributed by atoms with Crippen LogP contribution in [-0.2, 0) is 9.53 Å². The van der Waals surface area contributed by atoms with E-state index in [4.69, 9.17) is 4.74 Å². The molecule has 0 fully saturated rings. The number of aryl methyl sites for hydroxylation is 1. The Balaban J connectivity index is 2.14. The van der Waals surface area contributed by atoms with Crippen LogP contribution in [0.3, 0.4) is 0 Å². The van der Waals surface area contributed by atoms with E-state index in [-0.39, 0.29) is 6.61 Å². The van der Waals surface area contributed by atoms with Crippen LogP contribution in [0, 0.1) is 6.92 Å². The zero-order valence-electron chi connectivity index (χ0n) is 13.8. The van der Waals surface area contributed by atoms with Gasteiger partial charge in [0.25, 0.3) is 0 Å². The van der Waals surface area contributed by atoms with Gasteiger partial charge in [-0.2, -0.15) is 0 Å². The first-order valence-electron chi connectivity index (χ1n) is 8.10. The standard InChI is InChI=1S/C20H21NO3/c1-3-24-20(23)18(19(22)14-9-5-4-6-10-14)17-13(2)21-16-12-8-7-11-15(16)17/h4-12,18-19,21-22H,3H2,1-2H3/t18-,19-/m1/s1. The van der Waals surface area contributed by atoms with Crippen molar-refractivity contribution < 1.29 is 14.6 Å². The highest BCUT2D eigenvalue weighted by molar-refractivity contribution is 5.91. The molecule has 4 heteroatoms. The molecule has 0 aliphatic carbocycles. The van der Waals surface area contributed by atoms with Gasteiger partial charge in [0.1, 0.15) is 5.92 Å². The molecule has 0 aliphatic rings. The minimum absolute atomic E-state index is 0.276. The minimum Gasteiger partial charge on any atom is -0.465 e. The molecule has 0 spiro atoms. The number of ether oxygens (including phenoxy) is 1. The number of rotatable bonds is 5. The van der Waals surface area contributed by atoms with Crippen LogP contribution in [-0.4, -0.2) is 22.7 Å². The van der Waals surface area contributed by atoms with Gasteiger partial charge in [-0.15, -0.1) is 0 Å². The van der Waals surface area contributed by atoms with Crippen molar-refractivity contribution in [3.63, 3.8) is 0 Å². The van der Waals surface area contributed by atoms with Crippen molar-refractivity contribution in [2.75, 3.05) is 6.61 Å². The van der Waals surface area contributed by atoms with Gasteiger partial charge >= 0.3 is 5.97 Å². The first-order chi connectivity index (χ1) is 11.6. The number of fused-ring (bicyclic) bond motifs is 1. The lowest BCUT2D eigenvalue weighted by Gasteiger charge is -2.22. The molecule has 1 heterocycles. The van der Waals surface area contributed by atoms with Gasteiger partial charge in [-0.1, -0.05) is 48.5 Å². The fourth-order valence-electron chi connectivity index (χ4n) is 3.18. The van der Waals surface area contributed by atoms with Crippen LogP contribution in [0.15, 0.2) is 54.6 Å². The zero-order chi connectivity index (χ0) is 17.1. The molecule has 0 saturated heterocycles. The van der Waals surface area contributed by atoms with Gasteiger partial charge in [0.15, 0.2) is 0 Å². The van der Waals surface area contributed by atoms with Gasteiger partial charge in [0.05, 0.1) is 12.7 Å². The third-order valence-electron chi connectivity index (χ3n) is 4.25. The maximum atomic E-state index is 12.7. The lowest BCUT2D eigenvalue weighted by Crippen LogP contribution is -2.23. The van der Waals surface area contributed by atoms with Crippen molar-refractivity contribution in [2.24, 2.45) is 0 Å². The molecule has 2 atom stereocenters. The molecule has 3 rings (SSSR count). The molecule has 124 valence electrons. The topological polar surface area (TPSA) is 62.3 Å². The van der Waals surface area contributed by atoms with Crippen molar-refractivity contribution in [2.45, 2.75) is 25.9 Å². The van der Waals surface area contributed by atoms with Crippen LogP contribution in [0.2, 0.25) is 0 Å². The summed E-state index contributed by atoms with van der Waals surface area (Å²) >= 11 is 0. The van der Waals surface area contributed by atoms with E-state index in [1.165, 1.54) is 0 Å². The number of benzene rings is 2. The highest BCUT2D eigenvalue weighted by Gasteiger charge is 2.34. The van der Waals surface area contributed by atoms with Gasteiger partial charge in [-0.05, 0) is 31.0 Å². The molecule has 0 saturated carbocycles. The van der Waals surface area contributed by atoms with Gasteiger partial charge in [0.2, 0.25) is 0 Å². The third-order valence-corrected chi connectivity index (χ3v) is 4.25. The van der Waals surface area contributed by atoms with E-state index in [9.17, 15) is 9.90 Å². The maximum absolute atomic E-state index is 12.7. The number of aliphatic hydroxyl groups excluding tert-OH is 1. The summed E-state index contributed by atoms with van der Waals surface area (Å²) in [6, 6.07) is 17.0. The Morgan fingerprint density at radius 3 is 2.50 bits per heavy atom. The van der Waals surface area contributed by atoms with E-state index in [0.29, 0.717) is 5.56 Å². The Bertz CT molecular complexity index is 838. The highest BCUT2D eigenvalue weighted by atomic mass is 16.5. The quantitative estimate of drug-likeness (QED) is 0.701. The molecular formula is C20H21NO3. The minimum atomic E-state index is -0.969. The zero-order valence-corrected chi connectivity index (χ0v) is 13.8. The third kappa shape index (κ3) is 2.93. The van der Waals surface area contributed by atoms with Crippen molar-refractivity contribution in [3.05, 3.63) is 71.4 Å². The number of carbonyl (C=O) groups is 1. The SMILES string of the molecule is CCOC(=O)[C@H](c1c(C)[nH]c2ccccc12)[C@H](O)c1ccccc1. The Kier molecular flexibility index (Phi) is 4.67. The van der Waals surface area contributed by atoms with E-state index >= 15 is 0 Å². The number of carbonyl (C=O) groups excluding carboxylic acids is 1. The summed E-state index contributed by atoms with van der Waals surface area (Å²) in [6.07, 6.45) is -0.969. The number of hydrogen-bond acceptors (Lipinski definition) is 3. The predicted molar refractivity (Wildman–Crippen MR) is 93.8 cm³/mol. The molecule has 24 heavy (non-hydrogen) atoms. The molecule has 0 unspecified atom stereocenters. The Morgan fingerprint density at radius 2 is 1.79 bits per heavy atom. The molecule has 2 N–H and O–H groups in total. The average Bonchev–Trinajstić information content (AvgIpc) is 2.92. The molecule has 4 nitrogen and oxygen atoms in total. The summed E-state index contributed by atoms with van der Waals surface area (Å²) in [5.41, 5.74) is 3.30. The monoisotopic (exact) mass is 323 g/mol. The van der Waals surface area contributed by atoms with Crippen molar-refractivity contribution in [1.29, 1.82) is 0 Å². The number of aliphatic hydroxyl groups is 1. The largest absolute Gasteiger partial charge is 0.465 e. The molecule has 3 aromatic rings. The second kappa shape index (κ2) is 6.89. The first-order valence-corrected chi connectivity index (χ1v) is 8.10. The molecule has 1 aromatic heterocycles. The van der Waals surface area contributed by atoms with Gasteiger partial charge in [-0.3, -0.25) is 4.79 Å². The average molecular weight is 323 g/mol. The summed E-state index contributed by atoms with van der Waals surface area (Å²) in [4.78, 5) is 15.9. The number of H-pyrrole nitrogens is 1.